The van der Waals surface area contributed by atoms with Crippen LogP contribution in [-0.2, 0) is 4.79 Å². The fourth-order valence-corrected chi connectivity index (χ4v) is 3.59. The molecule has 5 nitrogen and oxygen atoms in total. The molecule has 0 aromatic heterocycles. The highest BCUT2D eigenvalue weighted by atomic mass is 35.5. The summed E-state index contributed by atoms with van der Waals surface area (Å²) in [5, 5.41) is 0. The van der Waals surface area contributed by atoms with Gasteiger partial charge >= 0.3 is 0 Å². The van der Waals surface area contributed by atoms with Gasteiger partial charge in [-0.2, -0.15) is 0 Å². The first-order chi connectivity index (χ1) is 10.8. The Balaban J connectivity index is 0.00000144. The molecular weight excluding hydrogens is 347 g/mol. The number of para-hydroxylation sites is 1. The van der Waals surface area contributed by atoms with E-state index in [0.29, 0.717) is 6.04 Å². The van der Waals surface area contributed by atoms with E-state index in [0.717, 1.165) is 45.7 Å². The molecule has 0 saturated carbocycles. The van der Waals surface area contributed by atoms with Crippen molar-refractivity contribution in [3.05, 3.63) is 30.3 Å². The first-order valence-corrected chi connectivity index (χ1v) is 8.30. The highest BCUT2D eigenvalue weighted by molar-refractivity contribution is 5.85. The molecular formula is C17H28Cl2N4O. The molecule has 1 amide bonds. The summed E-state index contributed by atoms with van der Waals surface area (Å²) in [6, 6.07) is 11.1. The minimum atomic E-state index is 0. The quantitative estimate of drug-likeness (QED) is 0.872. The van der Waals surface area contributed by atoms with Crippen LogP contribution in [0.5, 0.6) is 0 Å². The summed E-state index contributed by atoms with van der Waals surface area (Å²) in [6.45, 7) is 6.12. The van der Waals surface area contributed by atoms with Crippen LogP contribution in [0.15, 0.2) is 30.3 Å². The lowest BCUT2D eigenvalue weighted by Crippen LogP contribution is -2.56. The van der Waals surface area contributed by atoms with Crippen LogP contribution in [0.1, 0.15) is 12.8 Å². The number of piperazine rings is 1. The Morgan fingerprint density at radius 2 is 1.71 bits per heavy atom. The molecule has 0 aliphatic carbocycles. The zero-order valence-electron chi connectivity index (χ0n) is 14.0. The lowest BCUT2D eigenvalue weighted by Gasteiger charge is -2.43. The number of likely N-dealkylation sites (tertiary alicyclic amines) is 1. The fraction of sp³-hybridized carbons (Fsp3) is 0.588. The Morgan fingerprint density at radius 1 is 1.04 bits per heavy atom. The van der Waals surface area contributed by atoms with E-state index in [1.54, 1.807) is 0 Å². The van der Waals surface area contributed by atoms with Gasteiger partial charge in [-0.05, 0) is 25.0 Å². The maximum Gasteiger partial charge on any atom is 0.236 e. The molecule has 136 valence electrons. The van der Waals surface area contributed by atoms with E-state index in [1.807, 2.05) is 4.90 Å². The average molecular weight is 375 g/mol. The standard InChI is InChI=1S/C17H26N4O.2ClH/c18-13-17(22)21-8-4-7-16(14-21)20-11-9-19(10-12-20)15-5-2-1-3-6-15;;/h1-3,5-6,16H,4,7-14,18H2;2*1H. The molecule has 1 aromatic rings. The van der Waals surface area contributed by atoms with Crippen molar-refractivity contribution in [1.29, 1.82) is 0 Å². The number of hydrogen-bond acceptors (Lipinski definition) is 4. The number of piperidine rings is 1. The van der Waals surface area contributed by atoms with E-state index < -0.39 is 0 Å². The van der Waals surface area contributed by atoms with Gasteiger partial charge in [0.05, 0.1) is 6.54 Å². The molecule has 1 aromatic carbocycles. The molecule has 2 N–H and O–H groups in total. The predicted molar refractivity (Wildman–Crippen MR) is 103 cm³/mol. The van der Waals surface area contributed by atoms with Gasteiger partial charge in [0.15, 0.2) is 0 Å². The molecule has 2 heterocycles. The van der Waals surface area contributed by atoms with Crippen LogP contribution in [0, 0.1) is 0 Å². The van der Waals surface area contributed by atoms with Crippen LogP contribution in [0.25, 0.3) is 0 Å². The maximum atomic E-state index is 11.8. The van der Waals surface area contributed by atoms with Gasteiger partial charge in [-0.3, -0.25) is 9.69 Å². The van der Waals surface area contributed by atoms with E-state index in [4.69, 9.17) is 5.73 Å². The van der Waals surface area contributed by atoms with Gasteiger partial charge in [0.1, 0.15) is 0 Å². The molecule has 1 unspecified atom stereocenters. The normalized spacial score (nSPS) is 21.6. The number of nitrogens with two attached hydrogens (primary N) is 1. The number of halogens is 2. The number of benzene rings is 1. The van der Waals surface area contributed by atoms with E-state index in [-0.39, 0.29) is 37.3 Å². The minimum Gasteiger partial charge on any atom is -0.369 e. The van der Waals surface area contributed by atoms with E-state index in [9.17, 15) is 4.79 Å². The van der Waals surface area contributed by atoms with Gasteiger partial charge in [-0.1, -0.05) is 18.2 Å². The summed E-state index contributed by atoms with van der Waals surface area (Å²) in [7, 11) is 0. The third kappa shape index (κ3) is 4.99. The zero-order chi connectivity index (χ0) is 15.4. The van der Waals surface area contributed by atoms with Crippen LogP contribution in [0.4, 0.5) is 5.69 Å². The first-order valence-electron chi connectivity index (χ1n) is 8.30. The Morgan fingerprint density at radius 3 is 2.33 bits per heavy atom. The van der Waals surface area contributed by atoms with Crippen molar-refractivity contribution in [3.8, 4) is 0 Å². The molecule has 2 saturated heterocycles. The second kappa shape index (κ2) is 10.1. The average Bonchev–Trinajstić information content (AvgIpc) is 2.62. The largest absolute Gasteiger partial charge is 0.369 e. The number of anilines is 1. The summed E-state index contributed by atoms with van der Waals surface area (Å²) in [5.74, 6) is 0.0904. The van der Waals surface area contributed by atoms with Crippen LogP contribution >= 0.6 is 24.8 Å². The van der Waals surface area contributed by atoms with Gasteiger partial charge in [-0.15, -0.1) is 24.8 Å². The van der Waals surface area contributed by atoms with Crippen molar-refractivity contribution < 1.29 is 4.79 Å². The molecule has 1 atom stereocenters. The van der Waals surface area contributed by atoms with Crippen LogP contribution < -0.4 is 10.6 Å². The van der Waals surface area contributed by atoms with Crippen LogP contribution in [0.3, 0.4) is 0 Å². The molecule has 2 fully saturated rings. The van der Waals surface area contributed by atoms with Crippen LogP contribution in [0.2, 0.25) is 0 Å². The van der Waals surface area contributed by atoms with Gasteiger partial charge in [0.25, 0.3) is 0 Å². The second-order valence-corrected chi connectivity index (χ2v) is 6.20. The van der Waals surface area contributed by atoms with Crippen molar-refractivity contribution in [2.24, 2.45) is 5.73 Å². The van der Waals surface area contributed by atoms with Gasteiger partial charge in [-0.25, -0.2) is 0 Å². The number of nitrogens with zero attached hydrogens (tertiary/aromatic N) is 3. The first kappa shape index (κ1) is 21.0. The number of carbonyl (C=O) groups excluding carboxylic acids is 1. The number of amides is 1. The zero-order valence-corrected chi connectivity index (χ0v) is 15.6. The molecule has 2 aliphatic rings. The molecule has 7 heteroatoms. The number of hydrogen-bond donors (Lipinski definition) is 1. The maximum absolute atomic E-state index is 11.8. The van der Waals surface area contributed by atoms with E-state index >= 15 is 0 Å². The van der Waals surface area contributed by atoms with Crippen molar-refractivity contribution in [2.75, 3.05) is 50.7 Å². The summed E-state index contributed by atoms with van der Waals surface area (Å²) in [5.41, 5.74) is 6.81. The second-order valence-electron chi connectivity index (χ2n) is 6.20. The molecule has 2 aliphatic heterocycles. The van der Waals surface area contributed by atoms with Crippen molar-refractivity contribution in [2.45, 2.75) is 18.9 Å². The number of rotatable bonds is 3. The smallest absolute Gasteiger partial charge is 0.236 e. The lowest BCUT2D eigenvalue weighted by atomic mass is 10.0. The van der Waals surface area contributed by atoms with Gasteiger partial charge in [0, 0.05) is 51.0 Å². The topological polar surface area (TPSA) is 52.8 Å². The molecule has 24 heavy (non-hydrogen) atoms. The third-order valence-electron chi connectivity index (χ3n) is 4.88. The van der Waals surface area contributed by atoms with Crippen LogP contribution in [-0.4, -0.2) is 67.6 Å². The molecule has 0 bridgehead atoms. The Hall–Kier alpha value is -1.01. The molecule has 3 rings (SSSR count). The monoisotopic (exact) mass is 374 g/mol. The lowest BCUT2D eigenvalue weighted by molar-refractivity contribution is -0.131. The molecule has 0 radical (unpaired) electrons. The predicted octanol–water partition coefficient (Wildman–Crippen LogP) is 1.60. The summed E-state index contributed by atoms with van der Waals surface area (Å²) in [6.07, 6.45) is 2.29. The molecule has 0 spiro atoms. The van der Waals surface area contributed by atoms with Gasteiger partial charge < -0.3 is 15.5 Å². The van der Waals surface area contributed by atoms with E-state index in [2.05, 4.69) is 40.1 Å². The van der Waals surface area contributed by atoms with Gasteiger partial charge in [0.2, 0.25) is 5.91 Å². The minimum absolute atomic E-state index is 0. The summed E-state index contributed by atoms with van der Waals surface area (Å²) in [4.78, 5) is 18.7. The fourth-order valence-electron chi connectivity index (χ4n) is 3.59. The Labute approximate surface area is 157 Å². The Bertz CT molecular complexity index is 495. The third-order valence-corrected chi connectivity index (χ3v) is 4.88. The highest BCUT2D eigenvalue weighted by Crippen LogP contribution is 2.20. The Kier molecular flexibility index (Phi) is 8.84. The van der Waals surface area contributed by atoms with E-state index in [1.165, 1.54) is 12.1 Å². The summed E-state index contributed by atoms with van der Waals surface area (Å²) >= 11 is 0. The van der Waals surface area contributed by atoms with Crippen molar-refractivity contribution in [1.82, 2.24) is 9.80 Å². The highest BCUT2D eigenvalue weighted by Gasteiger charge is 2.29. The number of carbonyl (C=O) groups is 1. The van der Waals surface area contributed by atoms with Crippen molar-refractivity contribution >= 4 is 36.4 Å². The van der Waals surface area contributed by atoms with Crippen molar-refractivity contribution in [3.63, 3.8) is 0 Å². The SMILES string of the molecule is Cl.Cl.NCC(=O)N1CCCC(N2CCN(c3ccccc3)CC2)C1. The summed E-state index contributed by atoms with van der Waals surface area (Å²) < 4.78 is 0.